The third-order valence-corrected chi connectivity index (χ3v) is 3.70. The molecule has 1 aromatic carbocycles. The van der Waals surface area contributed by atoms with Crippen molar-refractivity contribution in [3.63, 3.8) is 0 Å². The van der Waals surface area contributed by atoms with Gasteiger partial charge in [-0.2, -0.15) is 0 Å². The van der Waals surface area contributed by atoms with E-state index in [9.17, 15) is 9.59 Å². The summed E-state index contributed by atoms with van der Waals surface area (Å²) in [5, 5.41) is 15.9. The zero-order valence-electron chi connectivity index (χ0n) is 12.8. The van der Waals surface area contributed by atoms with Crippen molar-refractivity contribution in [2.24, 2.45) is 5.41 Å². The zero-order chi connectivity index (χ0) is 17.0. The number of carboxylic acids is 1. The fraction of sp³-hybridized carbons (Fsp3) is 0.312. The van der Waals surface area contributed by atoms with Gasteiger partial charge in [-0.05, 0) is 32.4 Å². The Morgan fingerprint density at radius 1 is 1.35 bits per heavy atom. The minimum Gasteiger partial charge on any atom is -0.481 e. The molecule has 0 fully saturated rings. The molecule has 1 amide bonds. The van der Waals surface area contributed by atoms with Crippen LogP contribution in [0.3, 0.4) is 0 Å². The molecule has 2 rings (SSSR count). The number of hydrogen-bond acceptors (Lipinski definition) is 4. The van der Waals surface area contributed by atoms with E-state index in [-0.39, 0.29) is 12.2 Å². The quantitative estimate of drug-likeness (QED) is 0.844. The molecule has 1 aromatic heterocycles. The van der Waals surface area contributed by atoms with Crippen LogP contribution in [0.5, 0.6) is 0 Å². The second kappa shape index (κ2) is 6.83. The minimum absolute atomic E-state index is 0.133. The summed E-state index contributed by atoms with van der Waals surface area (Å²) in [5.74, 6) is -0.886. The van der Waals surface area contributed by atoms with Gasteiger partial charge in [0.1, 0.15) is 0 Å². The second-order valence-electron chi connectivity index (χ2n) is 5.78. The number of halogens is 1. The number of carbonyl (C=O) groups excluding carboxylic acids is 1. The summed E-state index contributed by atoms with van der Waals surface area (Å²) < 4.78 is 5.15. The summed E-state index contributed by atoms with van der Waals surface area (Å²) >= 11 is 5.91. The van der Waals surface area contributed by atoms with Crippen molar-refractivity contribution in [3.8, 4) is 11.3 Å². The third-order valence-electron chi connectivity index (χ3n) is 3.47. The van der Waals surface area contributed by atoms with Gasteiger partial charge in [-0.3, -0.25) is 9.59 Å². The lowest BCUT2D eigenvalue weighted by Crippen LogP contribution is -2.32. The molecule has 0 radical (unpaired) electrons. The van der Waals surface area contributed by atoms with Crippen molar-refractivity contribution in [3.05, 3.63) is 41.0 Å². The standard InChI is InChI=1S/C16H17ClN2O4/c1-16(2,15(21)22)6-7-18-14(20)12-9-13(23-19-12)10-4-3-5-11(17)8-10/h3-5,8-9H,6-7H2,1-2H3,(H,18,20)(H,21,22). The van der Waals surface area contributed by atoms with Crippen LogP contribution in [0.15, 0.2) is 34.9 Å². The second-order valence-corrected chi connectivity index (χ2v) is 6.22. The Hall–Kier alpha value is -2.34. The average molecular weight is 337 g/mol. The van der Waals surface area contributed by atoms with Gasteiger partial charge in [0.2, 0.25) is 0 Å². The molecule has 0 unspecified atom stereocenters. The number of hydrogen-bond donors (Lipinski definition) is 2. The number of nitrogens with zero attached hydrogens (tertiary/aromatic N) is 1. The van der Waals surface area contributed by atoms with Crippen LogP contribution in [0.2, 0.25) is 5.02 Å². The van der Waals surface area contributed by atoms with Gasteiger partial charge < -0.3 is 14.9 Å². The highest BCUT2D eigenvalue weighted by Crippen LogP contribution is 2.23. The van der Waals surface area contributed by atoms with Crippen LogP contribution in [-0.2, 0) is 4.79 Å². The molecule has 6 nitrogen and oxygen atoms in total. The number of carboxylic acid groups (broad SMARTS) is 1. The summed E-state index contributed by atoms with van der Waals surface area (Å²) in [7, 11) is 0. The minimum atomic E-state index is -0.906. The molecule has 0 aliphatic heterocycles. The van der Waals surface area contributed by atoms with Crippen LogP contribution in [-0.4, -0.2) is 28.7 Å². The first-order valence-electron chi connectivity index (χ1n) is 7.04. The largest absolute Gasteiger partial charge is 0.481 e. The summed E-state index contributed by atoms with van der Waals surface area (Å²) in [5.41, 5.74) is -0.0487. The molecule has 23 heavy (non-hydrogen) atoms. The molecular weight excluding hydrogens is 320 g/mol. The van der Waals surface area contributed by atoms with E-state index in [0.717, 1.165) is 5.56 Å². The number of carbonyl (C=O) groups is 2. The maximum atomic E-state index is 12.0. The van der Waals surface area contributed by atoms with Crippen molar-refractivity contribution in [2.45, 2.75) is 20.3 Å². The van der Waals surface area contributed by atoms with Gasteiger partial charge in [0.05, 0.1) is 5.41 Å². The Labute approximate surface area is 138 Å². The van der Waals surface area contributed by atoms with Crippen LogP contribution in [0.1, 0.15) is 30.8 Å². The number of aromatic nitrogens is 1. The van der Waals surface area contributed by atoms with Gasteiger partial charge >= 0.3 is 5.97 Å². The lowest BCUT2D eigenvalue weighted by molar-refractivity contribution is -0.147. The Morgan fingerprint density at radius 3 is 2.74 bits per heavy atom. The smallest absolute Gasteiger partial charge is 0.309 e. The first kappa shape index (κ1) is 17.0. The van der Waals surface area contributed by atoms with Crippen molar-refractivity contribution >= 4 is 23.5 Å². The lowest BCUT2D eigenvalue weighted by atomic mass is 9.90. The van der Waals surface area contributed by atoms with Gasteiger partial charge in [0.15, 0.2) is 11.5 Å². The normalized spacial score (nSPS) is 11.3. The van der Waals surface area contributed by atoms with E-state index in [1.807, 2.05) is 0 Å². The highest BCUT2D eigenvalue weighted by atomic mass is 35.5. The molecule has 7 heteroatoms. The number of amides is 1. The highest BCUT2D eigenvalue weighted by molar-refractivity contribution is 6.30. The number of nitrogens with one attached hydrogen (secondary N) is 1. The first-order chi connectivity index (χ1) is 10.8. The predicted molar refractivity (Wildman–Crippen MR) is 85.3 cm³/mol. The van der Waals surface area contributed by atoms with Gasteiger partial charge in [0.25, 0.3) is 5.91 Å². The Morgan fingerprint density at radius 2 is 2.09 bits per heavy atom. The van der Waals surface area contributed by atoms with Gasteiger partial charge in [0, 0.05) is 23.2 Å². The highest BCUT2D eigenvalue weighted by Gasteiger charge is 2.26. The summed E-state index contributed by atoms with van der Waals surface area (Å²) in [6.07, 6.45) is 0.313. The van der Waals surface area contributed by atoms with Crippen LogP contribution in [0.25, 0.3) is 11.3 Å². The van der Waals surface area contributed by atoms with Crippen molar-refractivity contribution in [2.75, 3.05) is 6.54 Å². The molecule has 0 saturated heterocycles. The molecule has 122 valence electrons. The zero-order valence-corrected chi connectivity index (χ0v) is 13.6. The molecular formula is C16H17ClN2O4. The Balaban J connectivity index is 1.98. The molecule has 0 saturated carbocycles. The first-order valence-corrected chi connectivity index (χ1v) is 7.41. The number of benzene rings is 1. The van der Waals surface area contributed by atoms with E-state index < -0.39 is 17.3 Å². The van der Waals surface area contributed by atoms with Gasteiger partial charge in [-0.15, -0.1) is 0 Å². The molecule has 0 aliphatic rings. The SMILES string of the molecule is CC(C)(CCNC(=O)c1cc(-c2cccc(Cl)c2)on1)C(=O)O. The van der Waals surface area contributed by atoms with Crippen molar-refractivity contribution in [1.82, 2.24) is 10.5 Å². The fourth-order valence-electron chi connectivity index (χ4n) is 1.85. The number of rotatable bonds is 6. The molecule has 2 N–H and O–H groups in total. The van der Waals surface area contributed by atoms with Gasteiger partial charge in [-0.1, -0.05) is 28.9 Å². The van der Waals surface area contributed by atoms with E-state index in [4.69, 9.17) is 21.2 Å². The summed E-state index contributed by atoms with van der Waals surface area (Å²) in [6, 6.07) is 8.53. The molecule has 0 spiro atoms. The molecule has 0 aliphatic carbocycles. The molecule has 0 bridgehead atoms. The average Bonchev–Trinajstić information content (AvgIpc) is 2.96. The topological polar surface area (TPSA) is 92.4 Å². The Bertz CT molecular complexity index is 724. The Kier molecular flexibility index (Phi) is 5.05. The van der Waals surface area contributed by atoms with Crippen molar-refractivity contribution in [1.29, 1.82) is 0 Å². The number of aliphatic carboxylic acids is 1. The molecule has 1 heterocycles. The summed E-state index contributed by atoms with van der Waals surface area (Å²) in [6.45, 7) is 3.45. The fourth-order valence-corrected chi connectivity index (χ4v) is 2.04. The predicted octanol–water partition coefficient (Wildman–Crippen LogP) is 3.23. The van der Waals surface area contributed by atoms with Gasteiger partial charge in [-0.25, -0.2) is 0 Å². The van der Waals surface area contributed by atoms with Crippen LogP contribution >= 0.6 is 11.6 Å². The van der Waals surface area contributed by atoms with Crippen LogP contribution in [0, 0.1) is 5.41 Å². The van der Waals surface area contributed by atoms with E-state index in [1.165, 1.54) is 6.07 Å². The lowest BCUT2D eigenvalue weighted by Gasteiger charge is -2.18. The van der Waals surface area contributed by atoms with E-state index in [0.29, 0.717) is 17.2 Å². The maximum Gasteiger partial charge on any atom is 0.309 e. The van der Waals surface area contributed by atoms with E-state index in [2.05, 4.69) is 10.5 Å². The van der Waals surface area contributed by atoms with Crippen molar-refractivity contribution < 1.29 is 19.2 Å². The maximum absolute atomic E-state index is 12.0. The summed E-state index contributed by atoms with van der Waals surface area (Å²) in [4.78, 5) is 23.0. The van der Waals surface area contributed by atoms with Crippen LogP contribution < -0.4 is 5.32 Å². The van der Waals surface area contributed by atoms with E-state index in [1.54, 1.807) is 38.1 Å². The van der Waals surface area contributed by atoms with E-state index >= 15 is 0 Å². The van der Waals surface area contributed by atoms with Crippen LogP contribution in [0.4, 0.5) is 0 Å². The molecule has 2 aromatic rings. The molecule has 0 atom stereocenters. The third kappa shape index (κ3) is 4.32. The monoisotopic (exact) mass is 336 g/mol.